The van der Waals surface area contributed by atoms with E-state index in [2.05, 4.69) is 5.32 Å². The van der Waals surface area contributed by atoms with Gasteiger partial charge in [-0.05, 0) is 29.7 Å². The van der Waals surface area contributed by atoms with E-state index in [9.17, 15) is 9.18 Å². The van der Waals surface area contributed by atoms with Crippen LogP contribution in [-0.4, -0.2) is 5.91 Å². The summed E-state index contributed by atoms with van der Waals surface area (Å²) in [5, 5.41) is 11.4. The topological polar surface area (TPSA) is 52.9 Å². The van der Waals surface area contributed by atoms with Gasteiger partial charge < -0.3 is 5.32 Å². The lowest BCUT2D eigenvalue weighted by molar-refractivity contribution is -0.123. The van der Waals surface area contributed by atoms with Gasteiger partial charge in [-0.25, -0.2) is 4.39 Å². The Labute approximate surface area is 122 Å². The minimum absolute atomic E-state index is 0.0857. The molecule has 2 aromatic carbocycles. The fraction of sp³-hybridized carbons (Fsp3) is 0.176. The van der Waals surface area contributed by atoms with Crippen molar-refractivity contribution in [3.8, 4) is 6.07 Å². The first-order valence-corrected chi connectivity index (χ1v) is 6.73. The zero-order valence-electron chi connectivity index (χ0n) is 11.3. The second-order valence-corrected chi connectivity index (χ2v) is 5.09. The SMILES string of the molecule is N#Cc1ccc(CNC(=O)C2Cc3ccccc32)c(F)c1. The summed E-state index contributed by atoms with van der Waals surface area (Å²) in [6, 6.07) is 14.0. The molecular weight excluding hydrogens is 267 g/mol. The molecule has 0 aliphatic heterocycles. The smallest absolute Gasteiger partial charge is 0.228 e. The average molecular weight is 280 g/mol. The standard InChI is InChI=1S/C17H13FN2O/c18-16-7-11(9-19)5-6-13(16)10-20-17(21)15-8-12-3-1-2-4-14(12)15/h1-7,15H,8,10H2,(H,20,21). The third-order valence-electron chi connectivity index (χ3n) is 3.81. The van der Waals surface area contributed by atoms with Crippen molar-refractivity contribution in [1.82, 2.24) is 5.32 Å². The quantitative estimate of drug-likeness (QED) is 0.939. The lowest BCUT2D eigenvalue weighted by Crippen LogP contribution is -2.35. The van der Waals surface area contributed by atoms with Crippen LogP contribution in [-0.2, 0) is 17.8 Å². The predicted molar refractivity (Wildman–Crippen MR) is 75.8 cm³/mol. The molecule has 0 bridgehead atoms. The van der Waals surface area contributed by atoms with E-state index in [0.717, 1.165) is 12.0 Å². The van der Waals surface area contributed by atoms with Crippen LogP contribution in [0.2, 0.25) is 0 Å². The van der Waals surface area contributed by atoms with Gasteiger partial charge in [0.05, 0.1) is 17.6 Å². The molecule has 0 radical (unpaired) electrons. The highest BCUT2D eigenvalue weighted by Gasteiger charge is 2.31. The first-order valence-electron chi connectivity index (χ1n) is 6.73. The minimum Gasteiger partial charge on any atom is -0.351 e. The average Bonchev–Trinajstić information content (AvgIpc) is 2.47. The summed E-state index contributed by atoms with van der Waals surface area (Å²) in [5.74, 6) is -0.691. The number of halogens is 1. The summed E-state index contributed by atoms with van der Waals surface area (Å²) in [4.78, 5) is 12.1. The van der Waals surface area contributed by atoms with Gasteiger partial charge in [0.15, 0.2) is 0 Å². The van der Waals surface area contributed by atoms with Crippen molar-refractivity contribution in [2.45, 2.75) is 18.9 Å². The number of carbonyl (C=O) groups excluding carboxylic acids is 1. The molecule has 4 heteroatoms. The Morgan fingerprint density at radius 2 is 2.14 bits per heavy atom. The summed E-state index contributed by atoms with van der Waals surface area (Å²) < 4.78 is 13.7. The number of amides is 1. The van der Waals surface area contributed by atoms with Crippen LogP contribution < -0.4 is 5.32 Å². The molecule has 1 atom stereocenters. The molecule has 0 saturated heterocycles. The van der Waals surface area contributed by atoms with E-state index in [1.54, 1.807) is 6.07 Å². The molecule has 21 heavy (non-hydrogen) atoms. The number of nitriles is 1. The molecule has 2 aromatic rings. The van der Waals surface area contributed by atoms with Crippen LogP contribution in [0.25, 0.3) is 0 Å². The number of nitrogens with one attached hydrogen (secondary N) is 1. The Bertz CT molecular complexity index is 749. The van der Waals surface area contributed by atoms with Gasteiger partial charge in [-0.15, -0.1) is 0 Å². The van der Waals surface area contributed by atoms with Gasteiger partial charge in [-0.3, -0.25) is 4.79 Å². The second-order valence-electron chi connectivity index (χ2n) is 5.09. The van der Waals surface area contributed by atoms with Crippen LogP contribution in [0.15, 0.2) is 42.5 Å². The predicted octanol–water partition coefficient (Wildman–Crippen LogP) is 2.65. The Balaban J connectivity index is 1.64. The Morgan fingerprint density at radius 1 is 1.33 bits per heavy atom. The lowest BCUT2D eigenvalue weighted by atomic mass is 9.77. The van der Waals surface area contributed by atoms with Crippen LogP contribution in [0.1, 0.15) is 28.2 Å². The largest absolute Gasteiger partial charge is 0.351 e. The Morgan fingerprint density at radius 3 is 2.86 bits per heavy atom. The molecule has 0 spiro atoms. The Hall–Kier alpha value is -2.67. The van der Waals surface area contributed by atoms with E-state index in [1.807, 2.05) is 30.3 Å². The normalized spacial score (nSPS) is 15.5. The number of rotatable bonds is 3. The van der Waals surface area contributed by atoms with Crippen LogP contribution >= 0.6 is 0 Å². The van der Waals surface area contributed by atoms with Crippen molar-refractivity contribution in [2.75, 3.05) is 0 Å². The summed E-state index contributed by atoms with van der Waals surface area (Å²) in [6.07, 6.45) is 0.734. The molecule has 1 aliphatic rings. The minimum atomic E-state index is -0.469. The Kier molecular flexibility index (Phi) is 3.41. The molecule has 104 valence electrons. The van der Waals surface area contributed by atoms with E-state index in [4.69, 9.17) is 5.26 Å². The molecule has 1 amide bonds. The third-order valence-corrected chi connectivity index (χ3v) is 3.81. The van der Waals surface area contributed by atoms with Gasteiger partial charge in [-0.1, -0.05) is 30.3 Å². The van der Waals surface area contributed by atoms with E-state index in [-0.39, 0.29) is 23.9 Å². The highest BCUT2D eigenvalue weighted by atomic mass is 19.1. The summed E-state index contributed by atoms with van der Waals surface area (Å²) in [6.45, 7) is 0.134. The number of hydrogen-bond acceptors (Lipinski definition) is 2. The van der Waals surface area contributed by atoms with Gasteiger partial charge in [-0.2, -0.15) is 5.26 Å². The van der Waals surface area contributed by atoms with E-state index < -0.39 is 5.82 Å². The van der Waals surface area contributed by atoms with E-state index >= 15 is 0 Å². The lowest BCUT2D eigenvalue weighted by Gasteiger charge is -2.28. The highest BCUT2D eigenvalue weighted by Crippen LogP contribution is 2.34. The zero-order chi connectivity index (χ0) is 14.8. The van der Waals surface area contributed by atoms with Crippen molar-refractivity contribution in [3.05, 3.63) is 70.5 Å². The molecule has 1 aliphatic carbocycles. The number of nitrogens with zero attached hydrogens (tertiary/aromatic N) is 1. The van der Waals surface area contributed by atoms with Gasteiger partial charge in [0.2, 0.25) is 5.91 Å². The highest BCUT2D eigenvalue weighted by molar-refractivity contribution is 5.86. The number of carbonyl (C=O) groups is 1. The summed E-state index contributed by atoms with van der Waals surface area (Å²) in [5.41, 5.74) is 2.91. The molecule has 1 unspecified atom stereocenters. The number of benzene rings is 2. The maximum absolute atomic E-state index is 13.7. The molecule has 3 rings (SSSR count). The van der Waals surface area contributed by atoms with E-state index in [0.29, 0.717) is 5.56 Å². The molecule has 3 nitrogen and oxygen atoms in total. The summed E-state index contributed by atoms with van der Waals surface area (Å²) >= 11 is 0. The molecule has 0 heterocycles. The van der Waals surface area contributed by atoms with Crippen molar-refractivity contribution in [3.63, 3.8) is 0 Å². The second kappa shape index (κ2) is 5.37. The van der Waals surface area contributed by atoms with Crippen LogP contribution in [0, 0.1) is 17.1 Å². The monoisotopic (exact) mass is 280 g/mol. The molecule has 1 N–H and O–H groups in total. The maximum Gasteiger partial charge on any atom is 0.228 e. The van der Waals surface area contributed by atoms with Crippen molar-refractivity contribution in [2.24, 2.45) is 0 Å². The van der Waals surface area contributed by atoms with E-state index in [1.165, 1.54) is 17.7 Å². The van der Waals surface area contributed by atoms with Gasteiger partial charge in [0.25, 0.3) is 0 Å². The fourth-order valence-electron chi connectivity index (χ4n) is 2.56. The molecular formula is C17H13FN2O. The third kappa shape index (κ3) is 2.50. The van der Waals surface area contributed by atoms with Gasteiger partial charge in [0, 0.05) is 12.1 Å². The first kappa shape index (κ1) is 13.3. The fourth-order valence-corrected chi connectivity index (χ4v) is 2.56. The van der Waals surface area contributed by atoms with Crippen LogP contribution in [0.5, 0.6) is 0 Å². The first-order chi connectivity index (χ1) is 10.2. The van der Waals surface area contributed by atoms with Crippen molar-refractivity contribution >= 4 is 5.91 Å². The zero-order valence-corrected chi connectivity index (χ0v) is 11.3. The van der Waals surface area contributed by atoms with Crippen LogP contribution in [0.4, 0.5) is 4.39 Å². The number of hydrogen-bond donors (Lipinski definition) is 1. The summed E-state index contributed by atoms with van der Waals surface area (Å²) in [7, 11) is 0. The van der Waals surface area contributed by atoms with Crippen LogP contribution in [0.3, 0.4) is 0 Å². The van der Waals surface area contributed by atoms with Crippen molar-refractivity contribution < 1.29 is 9.18 Å². The van der Waals surface area contributed by atoms with Gasteiger partial charge >= 0.3 is 0 Å². The maximum atomic E-state index is 13.7. The molecule has 0 fully saturated rings. The van der Waals surface area contributed by atoms with Gasteiger partial charge in [0.1, 0.15) is 5.82 Å². The van der Waals surface area contributed by atoms with Crippen molar-refractivity contribution in [1.29, 1.82) is 5.26 Å². The molecule has 0 saturated carbocycles. The molecule has 0 aromatic heterocycles. The number of fused-ring (bicyclic) bond motifs is 1.